The van der Waals surface area contributed by atoms with Gasteiger partial charge in [0.25, 0.3) is 0 Å². The minimum Gasteiger partial charge on any atom is -0.294 e. The van der Waals surface area contributed by atoms with E-state index in [2.05, 4.69) is 5.10 Å². The van der Waals surface area contributed by atoms with E-state index < -0.39 is 11.6 Å². The van der Waals surface area contributed by atoms with Crippen molar-refractivity contribution in [2.75, 3.05) is 0 Å². The molecule has 2 aromatic rings. The molecule has 1 aliphatic rings. The van der Waals surface area contributed by atoms with Crippen molar-refractivity contribution in [2.45, 2.75) is 25.8 Å². The number of aromatic nitrogens is 2. The number of nitriles is 1. The van der Waals surface area contributed by atoms with Crippen molar-refractivity contribution in [3.63, 3.8) is 0 Å². The summed E-state index contributed by atoms with van der Waals surface area (Å²) in [6, 6.07) is 5.54. The van der Waals surface area contributed by atoms with Crippen molar-refractivity contribution < 1.29 is 13.6 Å². The molecule has 0 amide bonds. The van der Waals surface area contributed by atoms with Crippen molar-refractivity contribution in [2.24, 2.45) is 0 Å². The van der Waals surface area contributed by atoms with Crippen molar-refractivity contribution in [1.29, 1.82) is 5.26 Å². The Morgan fingerprint density at radius 3 is 2.81 bits per heavy atom. The van der Waals surface area contributed by atoms with Crippen LogP contribution >= 0.6 is 0 Å². The maximum absolute atomic E-state index is 13.2. The second-order valence-electron chi connectivity index (χ2n) is 4.96. The lowest BCUT2D eigenvalue weighted by atomic mass is 9.94. The normalized spacial score (nSPS) is 13.9. The van der Waals surface area contributed by atoms with Gasteiger partial charge in [0.1, 0.15) is 6.07 Å². The van der Waals surface area contributed by atoms with Crippen LogP contribution < -0.4 is 0 Å². The first-order chi connectivity index (χ1) is 10.1. The van der Waals surface area contributed by atoms with E-state index in [1.54, 1.807) is 0 Å². The molecule has 106 valence electrons. The molecule has 0 fully saturated rings. The number of carbonyl (C=O) groups excluding carboxylic acids is 1. The highest BCUT2D eigenvalue weighted by atomic mass is 19.2. The molecule has 1 aromatic heterocycles. The van der Waals surface area contributed by atoms with Crippen LogP contribution in [0.5, 0.6) is 0 Å². The number of nitrogens with zero attached hydrogens (tertiary/aromatic N) is 3. The van der Waals surface area contributed by atoms with Crippen LogP contribution in [0.3, 0.4) is 0 Å². The highest BCUT2D eigenvalue weighted by molar-refractivity contribution is 5.99. The molecule has 0 aliphatic heterocycles. The first-order valence-corrected chi connectivity index (χ1v) is 6.57. The molecule has 0 radical (unpaired) electrons. The zero-order valence-electron chi connectivity index (χ0n) is 11.1. The fourth-order valence-corrected chi connectivity index (χ4v) is 2.61. The van der Waals surface area contributed by atoms with Gasteiger partial charge in [0, 0.05) is 6.42 Å². The highest BCUT2D eigenvalue weighted by Gasteiger charge is 2.26. The molecular weight excluding hydrogens is 276 g/mol. The number of hydrogen-bond donors (Lipinski definition) is 0. The summed E-state index contributed by atoms with van der Waals surface area (Å²) in [5, 5.41) is 13.2. The minimum atomic E-state index is -0.926. The highest BCUT2D eigenvalue weighted by Crippen LogP contribution is 2.25. The van der Waals surface area contributed by atoms with Gasteiger partial charge in [0.15, 0.2) is 23.1 Å². The first kappa shape index (κ1) is 13.4. The Morgan fingerprint density at radius 1 is 1.29 bits per heavy atom. The summed E-state index contributed by atoms with van der Waals surface area (Å²) in [7, 11) is 0. The maximum Gasteiger partial charge on any atom is 0.173 e. The third-order valence-electron chi connectivity index (χ3n) is 3.58. The molecule has 0 N–H and O–H groups in total. The number of carbonyl (C=O) groups is 1. The van der Waals surface area contributed by atoms with Gasteiger partial charge in [-0.25, -0.2) is 8.78 Å². The topological polar surface area (TPSA) is 58.7 Å². The molecule has 6 heteroatoms. The predicted molar refractivity (Wildman–Crippen MR) is 69.7 cm³/mol. The molecule has 1 aliphatic carbocycles. The number of fused-ring (bicyclic) bond motifs is 1. The standard InChI is InChI=1S/C15H11F2N3O/c16-10-5-4-9(6-11(10)17)8-20-13-2-1-3-14(21)15(13)12(7-18)19-20/h4-6H,1-3,8H2. The zero-order chi connectivity index (χ0) is 15.0. The van der Waals surface area contributed by atoms with E-state index in [4.69, 9.17) is 5.26 Å². The van der Waals surface area contributed by atoms with Crippen molar-refractivity contribution >= 4 is 5.78 Å². The van der Waals surface area contributed by atoms with Gasteiger partial charge in [0.05, 0.1) is 17.8 Å². The average molecular weight is 287 g/mol. The number of rotatable bonds is 2. The first-order valence-electron chi connectivity index (χ1n) is 6.57. The molecule has 0 saturated heterocycles. The lowest BCUT2D eigenvalue weighted by Gasteiger charge is -2.13. The Morgan fingerprint density at radius 2 is 2.10 bits per heavy atom. The van der Waals surface area contributed by atoms with E-state index in [-0.39, 0.29) is 18.0 Å². The number of hydrogen-bond acceptors (Lipinski definition) is 3. The summed E-state index contributed by atoms with van der Waals surface area (Å²) in [6.45, 7) is 0.203. The Bertz CT molecular complexity index is 774. The van der Waals surface area contributed by atoms with E-state index in [1.807, 2.05) is 6.07 Å². The van der Waals surface area contributed by atoms with Crippen LogP contribution in [0.15, 0.2) is 18.2 Å². The second-order valence-corrected chi connectivity index (χ2v) is 4.96. The van der Waals surface area contributed by atoms with Gasteiger partial charge in [-0.05, 0) is 30.5 Å². The maximum atomic E-state index is 13.2. The molecule has 0 spiro atoms. The van der Waals surface area contributed by atoms with Gasteiger partial charge in [-0.1, -0.05) is 6.07 Å². The number of ketones is 1. The summed E-state index contributed by atoms with van der Waals surface area (Å²) in [5.74, 6) is -1.91. The van der Waals surface area contributed by atoms with E-state index in [9.17, 15) is 13.6 Å². The molecule has 0 unspecified atom stereocenters. The minimum absolute atomic E-state index is 0.0793. The number of halogens is 2. The van der Waals surface area contributed by atoms with E-state index >= 15 is 0 Å². The molecule has 21 heavy (non-hydrogen) atoms. The van der Waals surface area contributed by atoms with Crippen LogP contribution in [0.25, 0.3) is 0 Å². The fraction of sp³-hybridized carbons (Fsp3) is 0.267. The van der Waals surface area contributed by atoms with Crippen LogP contribution in [0.1, 0.15) is 40.2 Å². The van der Waals surface area contributed by atoms with Crippen LogP contribution in [-0.4, -0.2) is 15.6 Å². The van der Waals surface area contributed by atoms with Crippen LogP contribution in [0, 0.1) is 23.0 Å². The Balaban J connectivity index is 2.01. The van der Waals surface area contributed by atoms with E-state index in [0.29, 0.717) is 36.1 Å². The monoisotopic (exact) mass is 287 g/mol. The summed E-state index contributed by atoms with van der Waals surface area (Å²) < 4.78 is 27.7. The molecule has 1 aromatic carbocycles. The Labute approximate surface area is 119 Å². The lowest BCUT2D eigenvalue weighted by molar-refractivity contribution is 0.0971. The van der Waals surface area contributed by atoms with Gasteiger partial charge < -0.3 is 0 Å². The van der Waals surface area contributed by atoms with Crippen LogP contribution in [-0.2, 0) is 13.0 Å². The van der Waals surface area contributed by atoms with Crippen LogP contribution in [0.2, 0.25) is 0 Å². The fourth-order valence-electron chi connectivity index (χ4n) is 2.61. The SMILES string of the molecule is N#Cc1nn(Cc2ccc(F)c(F)c2)c2c1C(=O)CCC2. The van der Waals surface area contributed by atoms with Crippen molar-refractivity contribution in [1.82, 2.24) is 9.78 Å². The van der Waals surface area contributed by atoms with Gasteiger partial charge in [-0.3, -0.25) is 9.48 Å². The summed E-state index contributed by atoms with van der Waals surface area (Å²) in [5.41, 5.74) is 1.72. The summed E-state index contributed by atoms with van der Waals surface area (Å²) >= 11 is 0. The van der Waals surface area contributed by atoms with Gasteiger partial charge in [-0.2, -0.15) is 10.4 Å². The molecule has 4 nitrogen and oxygen atoms in total. The summed E-state index contributed by atoms with van der Waals surface area (Å²) in [6.07, 6.45) is 1.78. The molecule has 0 atom stereocenters. The van der Waals surface area contributed by atoms with Gasteiger partial charge in [-0.15, -0.1) is 0 Å². The zero-order valence-corrected chi connectivity index (χ0v) is 11.1. The lowest BCUT2D eigenvalue weighted by Crippen LogP contribution is -2.14. The quantitative estimate of drug-likeness (QED) is 0.853. The predicted octanol–water partition coefficient (Wildman–Crippen LogP) is 2.60. The van der Waals surface area contributed by atoms with Gasteiger partial charge in [0.2, 0.25) is 0 Å². The molecular formula is C15H11F2N3O. The van der Waals surface area contributed by atoms with Crippen molar-refractivity contribution in [3.8, 4) is 6.07 Å². The number of Topliss-reactive ketones (excluding diaryl/α,β-unsaturated/α-hetero) is 1. The number of benzene rings is 1. The summed E-state index contributed by atoms with van der Waals surface area (Å²) in [4.78, 5) is 11.9. The Hall–Kier alpha value is -2.55. The smallest absolute Gasteiger partial charge is 0.173 e. The van der Waals surface area contributed by atoms with E-state index in [0.717, 1.165) is 12.1 Å². The molecule has 0 saturated carbocycles. The molecule has 1 heterocycles. The second kappa shape index (κ2) is 5.09. The molecule has 0 bridgehead atoms. The van der Waals surface area contributed by atoms with Gasteiger partial charge >= 0.3 is 0 Å². The van der Waals surface area contributed by atoms with Crippen molar-refractivity contribution in [3.05, 3.63) is 52.3 Å². The largest absolute Gasteiger partial charge is 0.294 e. The third-order valence-corrected chi connectivity index (χ3v) is 3.58. The van der Waals surface area contributed by atoms with E-state index in [1.165, 1.54) is 10.7 Å². The Kier molecular flexibility index (Phi) is 3.26. The molecule has 3 rings (SSSR count). The third kappa shape index (κ3) is 2.31. The average Bonchev–Trinajstić information content (AvgIpc) is 2.82. The van der Waals surface area contributed by atoms with Crippen LogP contribution in [0.4, 0.5) is 8.78 Å².